The number of carboxylic acid groups (broad SMARTS) is 1. The predicted octanol–water partition coefficient (Wildman–Crippen LogP) is -8.08. The van der Waals surface area contributed by atoms with E-state index in [0.717, 1.165) is 13.8 Å². The first kappa shape index (κ1) is 38.3. The molecule has 3 aliphatic rings. The van der Waals surface area contributed by atoms with E-state index in [4.69, 9.17) is 23.7 Å². The molecule has 2 amide bonds. The van der Waals surface area contributed by atoms with Crippen molar-refractivity contribution < 1.29 is 94.2 Å². The van der Waals surface area contributed by atoms with Crippen molar-refractivity contribution in [3.05, 3.63) is 0 Å². The van der Waals surface area contributed by atoms with E-state index in [1.807, 2.05) is 0 Å². The summed E-state index contributed by atoms with van der Waals surface area (Å²) in [6, 6.07) is -3.06. The second-order valence-electron chi connectivity index (χ2n) is 11.3. The van der Waals surface area contributed by atoms with Gasteiger partial charge in [-0.2, -0.15) is 0 Å². The highest BCUT2D eigenvalue weighted by atomic mass is 16.8. The van der Waals surface area contributed by atoms with Crippen molar-refractivity contribution in [3.8, 4) is 0 Å². The fourth-order valence-corrected chi connectivity index (χ4v) is 5.46. The Bertz CT molecular complexity index is 1050. The molecule has 3 rings (SSSR count). The van der Waals surface area contributed by atoms with Crippen LogP contribution in [0.15, 0.2) is 0 Å². The molecular formula is C25H42N2O19. The van der Waals surface area contributed by atoms with Gasteiger partial charge in [-0.15, -0.1) is 0 Å². The molecule has 0 bridgehead atoms. The van der Waals surface area contributed by atoms with Crippen LogP contribution in [0.1, 0.15) is 20.3 Å². The number of hydrogen-bond acceptors (Lipinski definition) is 18. The van der Waals surface area contributed by atoms with E-state index in [1.165, 1.54) is 0 Å². The SMILES string of the molecule is CC(=O)N[C@H]1[C@H](O[C@H]2[C@H](O)[C@@H](O)C(O)O[C@@H]2CO)O[C@H](CO[C@]2(C(=O)O)C[C@H](O)[C@@H](NC(C)=O)[C@H]([C@H](O)[C@H](O)CO)O2)[C@H](O)[C@@H]1O. The highest BCUT2D eigenvalue weighted by Gasteiger charge is 2.57. The average Bonchev–Trinajstić information content (AvgIpc) is 2.99. The van der Waals surface area contributed by atoms with Gasteiger partial charge in [0.1, 0.15) is 67.1 Å². The largest absolute Gasteiger partial charge is 0.477 e. The van der Waals surface area contributed by atoms with Crippen molar-refractivity contribution >= 4 is 17.8 Å². The molecule has 21 nitrogen and oxygen atoms in total. The summed E-state index contributed by atoms with van der Waals surface area (Å²) in [6.07, 6.45) is -24.8. The highest BCUT2D eigenvalue weighted by molar-refractivity contribution is 5.76. The van der Waals surface area contributed by atoms with Crippen LogP contribution in [-0.4, -0.2) is 191 Å². The van der Waals surface area contributed by atoms with Crippen LogP contribution in [0.25, 0.3) is 0 Å². The van der Waals surface area contributed by atoms with E-state index in [1.54, 1.807) is 0 Å². The van der Waals surface area contributed by atoms with Gasteiger partial charge in [-0.3, -0.25) is 9.59 Å². The van der Waals surface area contributed by atoms with Crippen LogP contribution in [0.4, 0.5) is 0 Å². The van der Waals surface area contributed by atoms with Gasteiger partial charge in [0.05, 0.1) is 32.0 Å². The molecule has 3 saturated heterocycles. The zero-order valence-electron chi connectivity index (χ0n) is 24.7. The lowest BCUT2D eigenvalue weighted by atomic mass is 9.88. The van der Waals surface area contributed by atoms with Crippen LogP contribution in [0.2, 0.25) is 0 Å². The third-order valence-electron chi connectivity index (χ3n) is 7.87. The number of carbonyl (C=O) groups is 3. The molecule has 0 spiro atoms. The Kier molecular flexibility index (Phi) is 13.1. The van der Waals surface area contributed by atoms with Crippen molar-refractivity contribution in [2.24, 2.45) is 0 Å². The first-order valence-corrected chi connectivity index (χ1v) is 14.2. The molecule has 3 aliphatic heterocycles. The Morgan fingerprint density at radius 1 is 0.870 bits per heavy atom. The maximum Gasteiger partial charge on any atom is 0.364 e. The molecule has 13 N–H and O–H groups in total. The number of aliphatic carboxylic acids is 1. The molecule has 0 aromatic carbocycles. The van der Waals surface area contributed by atoms with E-state index in [0.29, 0.717) is 0 Å². The molecule has 16 atom stereocenters. The molecule has 266 valence electrons. The quantitative estimate of drug-likeness (QED) is 0.0913. The number of carboxylic acids is 1. The molecule has 1 unspecified atom stereocenters. The maximum atomic E-state index is 12.5. The van der Waals surface area contributed by atoms with Gasteiger partial charge in [-0.1, -0.05) is 0 Å². The van der Waals surface area contributed by atoms with E-state index in [2.05, 4.69) is 10.6 Å². The minimum Gasteiger partial charge on any atom is -0.477 e. The maximum absolute atomic E-state index is 12.5. The van der Waals surface area contributed by atoms with Gasteiger partial charge in [0.15, 0.2) is 12.6 Å². The number of carbonyl (C=O) groups excluding carboxylic acids is 2. The monoisotopic (exact) mass is 674 g/mol. The van der Waals surface area contributed by atoms with Gasteiger partial charge in [0, 0.05) is 20.3 Å². The molecule has 0 radical (unpaired) electrons. The lowest BCUT2D eigenvalue weighted by Crippen LogP contribution is -2.69. The molecular weight excluding hydrogens is 632 g/mol. The fraction of sp³-hybridized carbons (Fsp3) is 0.880. The van der Waals surface area contributed by atoms with Crippen molar-refractivity contribution in [1.82, 2.24) is 10.6 Å². The normalized spacial score (nSPS) is 42.9. The molecule has 21 heteroatoms. The second-order valence-corrected chi connectivity index (χ2v) is 11.3. The van der Waals surface area contributed by atoms with E-state index in [-0.39, 0.29) is 0 Å². The summed E-state index contributed by atoms with van der Waals surface area (Å²) >= 11 is 0. The third kappa shape index (κ3) is 8.26. The summed E-state index contributed by atoms with van der Waals surface area (Å²) in [6.45, 7) is -0.725. The van der Waals surface area contributed by atoms with Gasteiger partial charge < -0.3 is 90.5 Å². The standard InChI is InChI=1S/C25H42N2O19/c1-7(30)26-13-9(32)3-25(24(40)41,46-21(13)15(34)10(33)4-28)42-6-12-16(35)17(36)14(27-8(2)31)23(44-12)45-20-11(5-29)43-22(39)19(38)18(20)37/h9-23,28-29,32-39H,3-6H2,1-2H3,(H,26,30)(H,27,31)(H,40,41)/t9-,10+,11+,12+,13+,14+,15+,16-,17+,18+,19+,20+,21+,22?,23-,25+/m0/s1. The topological polar surface area (TPSA) is 344 Å². The molecule has 3 fully saturated rings. The van der Waals surface area contributed by atoms with Crippen LogP contribution in [0, 0.1) is 0 Å². The smallest absolute Gasteiger partial charge is 0.364 e. The molecule has 3 heterocycles. The van der Waals surface area contributed by atoms with Crippen molar-refractivity contribution in [2.45, 2.75) is 118 Å². The Balaban J connectivity index is 1.88. The summed E-state index contributed by atoms with van der Waals surface area (Å²) in [4.78, 5) is 36.1. The third-order valence-corrected chi connectivity index (χ3v) is 7.87. The van der Waals surface area contributed by atoms with Crippen LogP contribution < -0.4 is 10.6 Å². The first-order valence-electron chi connectivity index (χ1n) is 14.2. The van der Waals surface area contributed by atoms with E-state index >= 15 is 0 Å². The Hall–Kier alpha value is -2.19. The van der Waals surface area contributed by atoms with Gasteiger partial charge in [-0.05, 0) is 0 Å². The zero-order valence-corrected chi connectivity index (χ0v) is 24.7. The minimum atomic E-state index is -2.84. The van der Waals surface area contributed by atoms with Crippen molar-refractivity contribution in [1.29, 1.82) is 0 Å². The molecule has 0 aromatic heterocycles. The van der Waals surface area contributed by atoms with Crippen molar-refractivity contribution in [2.75, 3.05) is 19.8 Å². The lowest BCUT2D eigenvalue weighted by Gasteiger charge is -2.48. The van der Waals surface area contributed by atoms with E-state index in [9.17, 15) is 70.6 Å². The number of aliphatic hydroxyl groups excluding tert-OH is 10. The fourth-order valence-electron chi connectivity index (χ4n) is 5.46. The highest BCUT2D eigenvalue weighted by Crippen LogP contribution is 2.35. The lowest BCUT2D eigenvalue weighted by molar-refractivity contribution is -0.352. The number of hydrogen-bond donors (Lipinski definition) is 13. The number of rotatable bonds is 12. The molecule has 0 aromatic rings. The van der Waals surface area contributed by atoms with Gasteiger partial charge in [-0.25, -0.2) is 4.79 Å². The van der Waals surface area contributed by atoms with Crippen LogP contribution >= 0.6 is 0 Å². The zero-order chi connectivity index (χ0) is 34.7. The Labute approximate surface area is 260 Å². The van der Waals surface area contributed by atoms with Crippen molar-refractivity contribution in [3.63, 3.8) is 0 Å². The Morgan fingerprint density at radius 3 is 2.02 bits per heavy atom. The van der Waals surface area contributed by atoms with Crippen LogP contribution in [-0.2, 0) is 38.1 Å². The number of amides is 2. The van der Waals surface area contributed by atoms with Gasteiger partial charge in [0.25, 0.3) is 5.79 Å². The predicted molar refractivity (Wildman–Crippen MR) is 142 cm³/mol. The van der Waals surface area contributed by atoms with Gasteiger partial charge in [0.2, 0.25) is 11.8 Å². The number of nitrogens with one attached hydrogen (secondary N) is 2. The van der Waals surface area contributed by atoms with Crippen LogP contribution in [0.5, 0.6) is 0 Å². The average molecular weight is 675 g/mol. The summed E-state index contributed by atoms with van der Waals surface area (Å²) in [7, 11) is 0. The molecule has 0 aliphatic carbocycles. The molecule has 0 saturated carbocycles. The van der Waals surface area contributed by atoms with Gasteiger partial charge >= 0.3 is 5.97 Å². The molecule has 46 heavy (non-hydrogen) atoms. The summed E-state index contributed by atoms with van der Waals surface area (Å²) < 4.78 is 27.4. The summed E-state index contributed by atoms with van der Waals surface area (Å²) in [5.74, 6) is -6.18. The summed E-state index contributed by atoms with van der Waals surface area (Å²) in [5.41, 5.74) is 0. The first-order chi connectivity index (χ1) is 21.5. The summed E-state index contributed by atoms with van der Waals surface area (Å²) in [5, 5.41) is 117. The Morgan fingerprint density at radius 2 is 1.48 bits per heavy atom. The number of ether oxygens (including phenoxy) is 5. The number of aliphatic hydroxyl groups is 10. The minimum absolute atomic E-state index is 0.724. The second kappa shape index (κ2) is 15.8. The van der Waals surface area contributed by atoms with Crippen LogP contribution in [0.3, 0.4) is 0 Å². The van der Waals surface area contributed by atoms with E-state index < -0.39 is 142 Å².